The standard InChI is InChI=1S/C34H33BrFN7O3/c1-17-8-21(22-13-37-29-9-18(2)40-42(29)14-22)10-23-24(20(4)44)15-41(31(17)23)16-30(45)43-26(6-7-34(5)12-27(34)43)33(46)39-32-19(3)25(36)11-28(35)38-32/h8-11,13-15,26-27H,6-7,12,16H2,1-5H3,(H,38,39,46)/t26-,27+,34-/m0/s1. The number of rotatable bonds is 6. The Morgan fingerprint density at radius 3 is 2.65 bits per heavy atom. The Labute approximate surface area is 273 Å². The van der Waals surface area contributed by atoms with Crippen LogP contribution in [-0.2, 0) is 16.1 Å². The van der Waals surface area contributed by atoms with E-state index in [1.165, 1.54) is 13.0 Å². The predicted molar refractivity (Wildman–Crippen MR) is 175 cm³/mol. The lowest BCUT2D eigenvalue weighted by Crippen LogP contribution is -2.53. The first-order chi connectivity index (χ1) is 21.8. The van der Waals surface area contributed by atoms with Gasteiger partial charge in [-0.25, -0.2) is 18.9 Å². The summed E-state index contributed by atoms with van der Waals surface area (Å²) in [5, 5.41) is 8.00. The van der Waals surface area contributed by atoms with Crippen LogP contribution in [-0.4, -0.2) is 58.7 Å². The average molecular weight is 687 g/mol. The molecule has 46 heavy (non-hydrogen) atoms. The number of anilines is 1. The number of nitrogens with zero attached hydrogens (tertiary/aromatic N) is 6. The number of hydrogen-bond donors (Lipinski definition) is 1. The lowest BCUT2D eigenvalue weighted by molar-refractivity contribution is -0.142. The molecule has 1 saturated carbocycles. The first kappa shape index (κ1) is 30.2. The van der Waals surface area contributed by atoms with E-state index in [0.29, 0.717) is 12.0 Å². The zero-order chi connectivity index (χ0) is 32.7. The third-order valence-corrected chi connectivity index (χ3v) is 10.00. The van der Waals surface area contributed by atoms with Gasteiger partial charge in [-0.15, -0.1) is 0 Å². The minimum Gasteiger partial charge on any atom is -0.337 e. The average Bonchev–Trinajstić information content (AvgIpc) is 3.33. The fourth-order valence-corrected chi connectivity index (χ4v) is 7.36. The molecule has 2 aliphatic rings. The van der Waals surface area contributed by atoms with Gasteiger partial charge in [0.25, 0.3) is 0 Å². The van der Waals surface area contributed by atoms with Crippen LogP contribution in [0.15, 0.2) is 47.5 Å². The molecule has 0 radical (unpaired) electrons. The SMILES string of the molecule is CC(=O)c1cn(CC(=O)N2[C@H](C(=O)Nc3nc(Br)cc(F)c3C)CC[C@@]3(C)C[C@@H]23)c2c(C)cc(-c3cnc4cc(C)nn4c3)cc12. The van der Waals surface area contributed by atoms with Crippen molar-refractivity contribution in [1.29, 1.82) is 0 Å². The maximum Gasteiger partial charge on any atom is 0.248 e. The molecular weight excluding hydrogens is 653 g/mol. The number of likely N-dealkylation sites (tertiary alicyclic amines) is 1. The van der Waals surface area contributed by atoms with Gasteiger partial charge in [0.15, 0.2) is 11.4 Å². The molecule has 1 aromatic carbocycles. The second kappa shape index (κ2) is 10.8. The monoisotopic (exact) mass is 685 g/mol. The third-order valence-electron chi connectivity index (χ3n) is 9.59. The molecule has 5 aromatic rings. The minimum atomic E-state index is -0.730. The number of amides is 2. The van der Waals surface area contributed by atoms with Gasteiger partial charge in [-0.05, 0) is 91.6 Å². The Balaban J connectivity index is 1.22. The summed E-state index contributed by atoms with van der Waals surface area (Å²) in [6, 6.07) is 6.32. The number of nitrogens with one attached hydrogen (secondary N) is 1. The largest absolute Gasteiger partial charge is 0.337 e. The van der Waals surface area contributed by atoms with Crippen molar-refractivity contribution in [2.24, 2.45) is 5.41 Å². The van der Waals surface area contributed by atoms with Crippen molar-refractivity contribution in [2.45, 2.75) is 72.5 Å². The number of piperidine rings is 1. The number of fused-ring (bicyclic) bond motifs is 3. The maximum absolute atomic E-state index is 14.4. The summed E-state index contributed by atoms with van der Waals surface area (Å²) in [5.41, 5.74) is 5.72. The van der Waals surface area contributed by atoms with Gasteiger partial charge in [0, 0.05) is 58.8 Å². The van der Waals surface area contributed by atoms with Crippen LogP contribution < -0.4 is 5.32 Å². The van der Waals surface area contributed by atoms with Gasteiger partial charge < -0.3 is 14.8 Å². The third kappa shape index (κ3) is 5.08. The van der Waals surface area contributed by atoms with Crippen molar-refractivity contribution < 1.29 is 18.8 Å². The van der Waals surface area contributed by atoms with E-state index >= 15 is 0 Å². The van der Waals surface area contributed by atoms with E-state index in [9.17, 15) is 18.8 Å². The highest BCUT2D eigenvalue weighted by Gasteiger charge is 2.60. The molecule has 0 spiro atoms. The fraction of sp³-hybridized carbons (Fsp3) is 0.353. The molecule has 12 heteroatoms. The van der Waals surface area contributed by atoms with Crippen LogP contribution in [0.25, 0.3) is 27.7 Å². The van der Waals surface area contributed by atoms with Gasteiger partial charge in [0.2, 0.25) is 11.8 Å². The molecule has 4 aromatic heterocycles. The number of halogens is 2. The van der Waals surface area contributed by atoms with E-state index < -0.39 is 17.8 Å². The van der Waals surface area contributed by atoms with Gasteiger partial charge in [-0.3, -0.25) is 14.4 Å². The van der Waals surface area contributed by atoms with Crippen LogP contribution in [0.4, 0.5) is 10.2 Å². The summed E-state index contributed by atoms with van der Waals surface area (Å²) >= 11 is 3.19. The summed E-state index contributed by atoms with van der Waals surface area (Å²) in [5.74, 6) is -1.08. The summed E-state index contributed by atoms with van der Waals surface area (Å²) in [6.07, 6.45) is 7.55. The van der Waals surface area contributed by atoms with Gasteiger partial charge in [-0.2, -0.15) is 5.10 Å². The molecule has 2 amide bonds. The van der Waals surface area contributed by atoms with E-state index in [4.69, 9.17) is 0 Å². The Hall–Kier alpha value is -4.45. The minimum absolute atomic E-state index is 0.0385. The Morgan fingerprint density at radius 1 is 1.11 bits per heavy atom. The zero-order valence-corrected chi connectivity index (χ0v) is 27.8. The van der Waals surface area contributed by atoms with Gasteiger partial charge in [0.05, 0.1) is 11.2 Å². The predicted octanol–water partition coefficient (Wildman–Crippen LogP) is 6.18. The Kier molecular flexibility index (Phi) is 7.11. The van der Waals surface area contributed by atoms with Crippen LogP contribution in [0, 0.1) is 32.0 Å². The van der Waals surface area contributed by atoms with Crippen molar-refractivity contribution >= 4 is 55.9 Å². The van der Waals surface area contributed by atoms with Crippen molar-refractivity contribution in [3.63, 3.8) is 0 Å². The molecule has 7 rings (SSSR count). The second-order valence-corrected chi connectivity index (χ2v) is 13.8. The first-order valence-corrected chi connectivity index (χ1v) is 16.0. The second-order valence-electron chi connectivity index (χ2n) is 13.0. The maximum atomic E-state index is 14.4. The van der Waals surface area contributed by atoms with Gasteiger partial charge in [0.1, 0.15) is 28.8 Å². The molecule has 1 saturated heterocycles. The molecule has 2 fully saturated rings. The number of benzene rings is 1. The zero-order valence-electron chi connectivity index (χ0n) is 26.2. The molecule has 1 aliphatic carbocycles. The van der Waals surface area contributed by atoms with Crippen LogP contribution in [0.1, 0.15) is 60.3 Å². The van der Waals surface area contributed by atoms with E-state index in [1.807, 2.05) is 42.8 Å². The lowest BCUT2D eigenvalue weighted by Gasteiger charge is -2.37. The summed E-state index contributed by atoms with van der Waals surface area (Å²) in [6.45, 7) is 9.05. The number of hydrogen-bond acceptors (Lipinski definition) is 6. The van der Waals surface area contributed by atoms with Crippen molar-refractivity contribution in [1.82, 2.24) is 29.0 Å². The van der Waals surface area contributed by atoms with Crippen LogP contribution in [0.3, 0.4) is 0 Å². The first-order valence-electron chi connectivity index (χ1n) is 15.2. The fourth-order valence-electron chi connectivity index (χ4n) is 6.98. The molecule has 1 N–H and O–H groups in total. The van der Waals surface area contributed by atoms with E-state index in [-0.39, 0.29) is 45.7 Å². The topological polar surface area (TPSA) is 114 Å². The number of aryl methyl sites for hydroxylation is 2. The Morgan fingerprint density at radius 2 is 1.89 bits per heavy atom. The van der Waals surface area contributed by atoms with Crippen LogP contribution in [0.2, 0.25) is 0 Å². The molecular formula is C34H33BrFN7O3. The van der Waals surface area contributed by atoms with Crippen molar-refractivity contribution in [3.8, 4) is 11.1 Å². The number of Topliss-reactive ketones (excluding diaryl/α,β-unsaturated/α-hetero) is 1. The molecule has 3 atom stereocenters. The number of aromatic nitrogens is 5. The highest BCUT2D eigenvalue weighted by atomic mass is 79.9. The number of ketones is 1. The number of carbonyl (C=O) groups is 3. The normalized spacial score (nSPS) is 20.6. The lowest BCUT2D eigenvalue weighted by atomic mass is 9.92. The molecule has 5 heterocycles. The molecule has 0 unspecified atom stereocenters. The smallest absolute Gasteiger partial charge is 0.248 e. The van der Waals surface area contributed by atoms with E-state index in [0.717, 1.165) is 51.8 Å². The van der Waals surface area contributed by atoms with Crippen molar-refractivity contribution in [3.05, 3.63) is 75.7 Å². The highest BCUT2D eigenvalue weighted by molar-refractivity contribution is 9.10. The van der Waals surface area contributed by atoms with Gasteiger partial charge in [-0.1, -0.05) is 6.92 Å². The quantitative estimate of drug-likeness (QED) is 0.169. The molecule has 0 bridgehead atoms. The van der Waals surface area contributed by atoms with E-state index in [1.54, 1.807) is 28.7 Å². The summed E-state index contributed by atoms with van der Waals surface area (Å²) in [7, 11) is 0. The van der Waals surface area contributed by atoms with E-state index in [2.05, 4.69) is 43.2 Å². The number of carbonyl (C=O) groups excluding carboxylic acids is 3. The molecule has 236 valence electrons. The summed E-state index contributed by atoms with van der Waals surface area (Å²) < 4.78 is 18.2. The molecule has 1 aliphatic heterocycles. The Bertz CT molecular complexity index is 2120. The highest BCUT2D eigenvalue weighted by Crippen LogP contribution is 2.57. The van der Waals surface area contributed by atoms with Crippen molar-refractivity contribution in [2.75, 3.05) is 5.32 Å². The van der Waals surface area contributed by atoms with Crippen LogP contribution in [0.5, 0.6) is 0 Å². The van der Waals surface area contributed by atoms with Gasteiger partial charge >= 0.3 is 0 Å². The van der Waals surface area contributed by atoms with Crippen LogP contribution >= 0.6 is 15.9 Å². The summed E-state index contributed by atoms with van der Waals surface area (Å²) in [4.78, 5) is 51.2. The number of pyridine rings is 1. The molecule has 10 nitrogen and oxygen atoms in total.